The molecule has 2 aromatic carbocycles. The van der Waals surface area contributed by atoms with Gasteiger partial charge in [-0.25, -0.2) is 4.68 Å². The molecule has 4 aromatic rings. The Balaban J connectivity index is 1.53. The van der Waals surface area contributed by atoms with Crippen LogP contribution >= 0.6 is 0 Å². The number of fused-ring (bicyclic) bond motifs is 1. The highest BCUT2D eigenvalue weighted by atomic mass is 19.4. The number of H-pyrrole nitrogens is 1. The molecule has 0 radical (unpaired) electrons. The number of aromatic amines is 1. The zero-order valence-electron chi connectivity index (χ0n) is 22.5. The number of halogens is 3. The molecule has 0 bridgehead atoms. The standard InChI is InChI=1S/C28H32F3N7O/c1-5-27(3,4)38-25(33-34-35-38)24(22-16-19-15-18(2)9-10-23(19)32-26(22)39)37-13-11-36(12-14-37)21-8-6-7-20(17-21)28(29,30)31/h6-10,15-17,24H,5,11-14H2,1-4H3,(H,32,39). The fourth-order valence-electron chi connectivity index (χ4n) is 5.11. The molecule has 1 atom stereocenters. The number of piperazine rings is 1. The van der Waals surface area contributed by atoms with E-state index < -0.39 is 23.3 Å². The third kappa shape index (κ3) is 5.27. The Bertz CT molecular complexity index is 1530. The van der Waals surface area contributed by atoms with Gasteiger partial charge in [0.2, 0.25) is 0 Å². The second kappa shape index (κ2) is 10.1. The van der Waals surface area contributed by atoms with Gasteiger partial charge >= 0.3 is 6.18 Å². The highest BCUT2D eigenvalue weighted by molar-refractivity contribution is 5.79. The van der Waals surface area contributed by atoms with Gasteiger partial charge in [0, 0.05) is 42.9 Å². The van der Waals surface area contributed by atoms with E-state index in [-0.39, 0.29) is 5.56 Å². The molecule has 39 heavy (non-hydrogen) atoms. The molecule has 5 rings (SSSR count). The Morgan fingerprint density at radius 1 is 1.03 bits per heavy atom. The predicted octanol–water partition coefficient (Wildman–Crippen LogP) is 4.90. The van der Waals surface area contributed by atoms with Crippen LogP contribution in [0, 0.1) is 6.92 Å². The average Bonchev–Trinajstić information content (AvgIpc) is 3.40. The fraction of sp³-hybridized carbons (Fsp3) is 0.429. The van der Waals surface area contributed by atoms with Crippen LogP contribution in [0.15, 0.2) is 53.3 Å². The molecule has 2 aromatic heterocycles. The van der Waals surface area contributed by atoms with Gasteiger partial charge in [0.05, 0.1) is 11.1 Å². The summed E-state index contributed by atoms with van der Waals surface area (Å²) >= 11 is 0. The summed E-state index contributed by atoms with van der Waals surface area (Å²) in [4.78, 5) is 20.6. The van der Waals surface area contributed by atoms with Gasteiger partial charge in [0.25, 0.3) is 5.56 Å². The summed E-state index contributed by atoms with van der Waals surface area (Å²) in [6, 6.07) is 12.6. The van der Waals surface area contributed by atoms with Crippen LogP contribution in [0.3, 0.4) is 0 Å². The third-order valence-corrected chi connectivity index (χ3v) is 7.72. The summed E-state index contributed by atoms with van der Waals surface area (Å²) < 4.78 is 41.7. The molecule has 1 N–H and O–H groups in total. The van der Waals surface area contributed by atoms with E-state index in [1.54, 1.807) is 10.7 Å². The number of alkyl halides is 3. The summed E-state index contributed by atoms with van der Waals surface area (Å²) in [5, 5.41) is 13.6. The lowest BCUT2D eigenvalue weighted by Gasteiger charge is -2.40. The van der Waals surface area contributed by atoms with Crippen molar-refractivity contribution in [1.29, 1.82) is 0 Å². The van der Waals surface area contributed by atoms with E-state index in [0.29, 0.717) is 43.3 Å². The van der Waals surface area contributed by atoms with Crippen molar-refractivity contribution in [3.05, 3.63) is 81.4 Å². The monoisotopic (exact) mass is 539 g/mol. The number of benzene rings is 2. The molecule has 8 nitrogen and oxygen atoms in total. The minimum Gasteiger partial charge on any atom is -0.369 e. The predicted molar refractivity (Wildman–Crippen MR) is 144 cm³/mol. The van der Waals surface area contributed by atoms with Crippen molar-refractivity contribution in [2.75, 3.05) is 31.1 Å². The highest BCUT2D eigenvalue weighted by Crippen LogP contribution is 2.34. The number of nitrogens with zero attached hydrogens (tertiary/aromatic N) is 6. The van der Waals surface area contributed by atoms with Gasteiger partial charge in [-0.3, -0.25) is 9.69 Å². The topological polar surface area (TPSA) is 82.9 Å². The summed E-state index contributed by atoms with van der Waals surface area (Å²) in [6.45, 7) is 10.1. The molecule has 1 unspecified atom stereocenters. The van der Waals surface area contributed by atoms with Crippen molar-refractivity contribution < 1.29 is 13.2 Å². The number of hydrogen-bond donors (Lipinski definition) is 1. The summed E-state index contributed by atoms with van der Waals surface area (Å²) in [7, 11) is 0. The first kappa shape index (κ1) is 26.9. The molecular formula is C28H32F3N7O. The Labute approximate surface area is 224 Å². The quantitative estimate of drug-likeness (QED) is 0.376. The van der Waals surface area contributed by atoms with Gasteiger partial charge in [0.1, 0.15) is 6.04 Å². The largest absolute Gasteiger partial charge is 0.416 e. The molecule has 1 saturated heterocycles. The second-order valence-corrected chi connectivity index (χ2v) is 10.7. The van der Waals surface area contributed by atoms with Gasteiger partial charge in [0.15, 0.2) is 5.82 Å². The highest BCUT2D eigenvalue weighted by Gasteiger charge is 2.36. The first-order valence-electron chi connectivity index (χ1n) is 13.1. The van der Waals surface area contributed by atoms with E-state index in [2.05, 4.69) is 32.3 Å². The molecule has 0 saturated carbocycles. The molecule has 0 spiro atoms. The molecule has 1 aliphatic heterocycles. The maximum absolute atomic E-state index is 13.5. The van der Waals surface area contributed by atoms with Crippen molar-refractivity contribution in [3.63, 3.8) is 0 Å². The minimum atomic E-state index is -4.40. The van der Waals surface area contributed by atoms with Gasteiger partial charge < -0.3 is 9.88 Å². The Hall–Kier alpha value is -3.73. The lowest BCUT2D eigenvalue weighted by molar-refractivity contribution is -0.137. The van der Waals surface area contributed by atoms with E-state index >= 15 is 0 Å². The molecule has 1 fully saturated rings. The van der Waals surface area contributed by atoms with Gasteiger partial charge in [-0.05, 0) is 79.4 Å². The van der Waals surface area contributed by atoms with Gasteiger partial charge in [-0.1, -0.05) is 24.6 Å². The number of anilines is 1. The molecule has 0 aliphatic carbocycles. The van der Waals surface area contributed by atoms with Crippen molar-refractivity contribution in [1.82, 2.24) is 30.1 Å². The zero-order chi connectivity index (χ0) is 27.9. The molecule has 206 valence electrons. The van der Waals surface area contributed by atoms with E-state index in [1.807, 2.05) is 49.9 Å². The molecule has 0 amide bonds. The molecule has 3 heterocycles. The third-order valence-electron chi connectivity index (χ3n) is 7.72. The maximum Gasteiger partial charge on any atom is 0.416 e. The summed E-state index contributed by atoms with van der Waals surface area (Å²) in [6.07, 6.45) is -3.63. The number of hydrogen-bond acceptors (Lipinski definition) is 6. The first-order chi connectivity index (χ1) is 18.5. The lowest BCUT2D eigenvalue weighted by Crippen LogP contribution is -2.49. The first-order valence-corrected chi connectivity index (χ1v) is 13.1. The van der Waals surface area contributed by atoms with Crippen LogP contribution in [-0.4, -0.2) is 56.3 Å². The molecule has 11 heteroatoms. The number of pyridine rings is 1. The fourth-order valence-corrected chi connectivity index (χ4v) is 5.11. The summed E-state index contributed by atoms with van der Waals surface area (Å²) in [5.41, 5.74) is 1.59. The molecular weight excluding hydrogens is 507 g/mol. The van der Waals surface area contributed by atoms with Crippen LogP contribution < -0.4 is 10.5 Å². The van der Waals surface area contributed by atoms with Crippen molar-refractivity contribution in [2.45, 2.75) is 51.9 Å². The van der Waals surface area contributed by atoms with E-state index in [4.69, 9.17) is 0 Å². The Kier molecular flexibility index (Phi) is 6.96. The van der Waals surface area contributed by atoms with Crippen LogP contribution in [0.1, 0.15) is 55.7 Å². The van der Waals surface area contributed by atoms with Crippen LogP contribution in [0.4, 0.5) is 18.9 Å². The van der Waals surface area contributed by atoms with Crippen LogP contribution in [0.2, 0.25) is 0 Å². The maximum atomic E-state index is 13.5. The number of tetrazole rings is 1. The van der Waals surface area contributed by atoms with E-state index in [9.17, 15) is 18.0 Å². The number of nitrogens with one attached hydrogen (secondary N) is 1. The second-order valence-electron chi connectivity index (χ2n) is 10.7. The van der Waals surface area contributed by atoms with Crippen LogP contribution in [-0.2, 0) is 11.7 Å². The Morgan fingerprint density at radius 3 is 2.46 bits per heavy atom. The average molecular weight is 540 g/mol. The molecule has 1 aliphatic rings. The summed E-state index contributed by atoms with van der Waals surface area (Å²) in [5.74, 6) is 0.562. The zero-order valence-corrected chi connectivity index (χ0v) is 22.5. The number of aromatic nitrogens is 5. The number of aryl methyl sites for hydroxylation is 1. The van der Waals surface area contributed by atoms with Crippen molar-refractivity contribution in [2.24, 2.45) is 0 Å². The Morgan fingerprint density at radius 2 is 1.77 bits per heavy atom. The van der Waals surface area contributed by atoms with E-state index in [1.165, 1.54) is 12.1 Å². The normalized spacial score (nSPS) is 16.1. The van der Waals surface area contributed by atoms with Crippen molar-refractivity contribution in [3.8, 4) is 0 Å². The van der Waals surface area contributed by atoms with Gasteiger partial charge in [-0.2, -0.15) is 13.2 Å². The minimum absolute atomic E-state index is 0.222. The van der Waals surface area contributed by atoms with Crippen molar-refractivity contribution >= 4 is 16.6 Å². The van der Waals surface area contributed by atoms with Gasteiger partial charge in [-0.15, -0.1) is 5.10 Å². The number of rotatable bonds is 6. The lowest BCUT2D eigenvalue weighted by atomic mass is 9.98. The smallest absolute Gasteiger partial charge is 0.369 e. The van der Waals surface area contributed by atoms with Crippen LogP contribution in [0.5, 0.6) is 0 Å². The van der Waals surface area contributed by atoms with E-state index in [0.717, 1.165) is 29.0 Å². The SMILES string of the molecule is CCC(C)(C)n1nnnc1C(c1cc2cc(C)ccc2[nH]c1=O)N1CCN(c2cccc(C(F)(F)F)c2)CC1. The van der Waals surface area contributed by atoms with Crippen LogP contribution in [0.25, 0.3) is 10.9 Å².